The number of aromatic nitrogens is 3. The molecule has 0 spiro atoms. The molecule has 1 N–H and O–H groups in total. The summed E-state index contributed by atoms with van der Waals surface area (Å²) in [5, 5.41) is 7.16. The lowest BCUT2D eigenvalue weighted by Crippen LogP contribution is -2.49. The third kappa shape index (κ3) is 2.83. The highest BCUT2D eigenvalue weighted by atomic mass is 19.1. The number of hydrogen-bond acceptors (Lipinski definition) is 4. The largest absolute Gasteiger partial charge is 0.356 e. The average molecular weight is 357 g/mol. The lowest BCUT2D eigenvalue weighted by molar-refractivity contribution is -0.128. The fourth-order valence-corrected chi connectivity index (χ4v) is 4.59. The van der Waals surface area contributed by atoms with Crippen LogP contribution in [0, 0.1) is 11.8 Å². The van der Waals surface area contributed by atoms with Gasteiger partial charge < -0.3 is 10.2 Å². The van der Waals surface area contributed by atoms with Gasteiger partial charge in [-0.15, -0.1) is 0 Å². The number of anilines is 1. The lowest BCUT2D eigenvalue weighted by atomic mass is 9.73. The van der Waals surface area contributed by atoms with Gasteiger partial charge in [0.2, 0.25) is 0 Å². The zero-order valence-electron chi connectivity index (χ0n) is 14.8. The number of piperidine rings is 1. The molecule has 0 aromatic carbocycles. The van der Waals surface area contributed by atoms with Crippen LogP contribution >= 0.6 is 0 Å². The minimum absolute atomic E-state index is 0.143. The Bertz CT molecular complexity index is 832. The van der Waals surface area contributed by atoms with E-state index in [9.17, 15) is 9.18 Å². The van der Waals surface area contributed by atoms with E-state index in [1.54, 1.807) is 10.7 Å². The molecule has 2 saturated carbocycles. The molecule has 2 aromatic rings. The SMILES string of the molecule is O=C(NC1CCC2CN(c3ccn4nccc4n3)CCC2C1)C1(F)CC1. The Morgan fingerprint density at radius 2 is 2.12 bits per heavy atom. The molecule has 26 heavy (non-hydrogen) atoms. The van der Waals surface area contributed by atoms with Gasteiger partial charge in [-0.2, -0.15) is 5.10 Å². The number of carbonyl (C=O) groups is 1. The minimum atomic E-state index is -1.56. The standard InChI is InChI=1S/C19H24FN5O/c20-19(6-7-19)18(26)22-15-2-1-14-12-24(9-4-13(14)11-15)16-5-10-25-17(23-16)3-8-21-25/h3,5,8,10,13-15H,1-2,4,6-7,9,11-12H2,(H,22,26). The van der Waals surface area contributed by atoms with Gasteiger partial charge in [-0.3, -0.25) is 4.79 Å². The molecule has 6 nitrogen and oxygen atoms in total. The quantitative estimate of drug-likeness (QED) is 0.916. The van der Waals surface area contributed by atoms with Crippen LogP contribution in [0.25, 0.3) is 5.65 Å². The monoisotopic (exact) mass is 357 g/mol. The van der Waals surface area contributed by atoms with Crippen molar-refractivity contribution >= 4 is 17.4 Å². The molecule has 1 aliphatic heterocycles. The van der Waals surface area contributed by atoms with Crippen LogP contribution in [0.4, 0.5) is 10.2 Å². The number of amides is 1. The Kier molecular flexibility index (Phi) is 3.65. The van der Waals surface area contributed by atoms with E-state index in [-0.39, 0.29) is 11.9 Å². The van der Waals surface area contributed by atoms with Gasteiger partial charge in [-0.05, 0) is 56.4 Å². The number of carbonyl (C=O) groups excluding carboxylic acids is 1. The first-order valence-electron chi connectivity index (χ1n) is 9.66. The van der Waals surface area contributed by atoms with Crippen molar-refractivity contribution in [2.45, 2.75) is 50.2 Å². The normalized spacial score (nSPS) is 30.0. The Morgan fingerprint density at radius 1 is 1.23 bits per heavy atom. The van der Waals surface area contributed by atoms with Gasteiger partial charge >= 0.3 is 0 Å². The van der Waals surface area contributed by atoms with Crippen molar-refractivity contribution < 1.29 is 9.18 Å². The molecule has 3 heterocycles. The fourth-order valence-electron chi connectivity index (χ4n) is 4.59. The van der Waals surface area contributed by atoms with Gasteiger partial charge in [-0.25, -0.2) is 13.9 Å². The number of rotatable bonds is 3. The Morgan fingerprint density at radius 3 is 2.96 bits per heavy atom. The van der Waals surface area contributed by atoms with Gasteiger partial charge in [0, 0.05) is 31.4 Å². The molecule has 3 fully saturated rings. The van der Waals surface area contributed by atoms with Crippen molar-refractivity contribution in [3.05, 3.63) is 24.5 Å². The number of nitrogens with zero attached hydrogens (tertiary/aromatic N) is 4. The number of alkyl halides is 1. The maximum Gasteiger partial charge on any atom is 0.257 e. The van der Waals surface area contributed by atoms with Crippen LogP contribution in [0.2, 0.25) is 0 Å². The molecular formula is C19H24FN5O. The van der Waals surface area contributed by atoms with Crippen molar-refractivity contribution in [2.75, 3.05) is 18.0 Å². The van der Waals surface area contributed by atoms with Crippen LogP contribution in [0.1, 0.15) is 38.5 Å². The molecule has 7 heteroatoms. The first-order chi connectivity index (χ1) is 12.6. The molecular weight excluding hydrogens is 333 g/mol. The second kappa shape index (κ2) is 5.93. The molecule has 0 bridgehead atoms. The molecule has 2 aromatic heterocycles. The van der Waals surface area contributed by atoms with Crippen molar-refractivity contribution in [3.8, 4) is 0 Å². The molecule has 3 aliphatic rings. The number of fused-ring (bicyclic) bond motifs is 2. The molecule has 138 valence electrons. The van der Waals surface area contributed by atoms with Crippen LogP contribution < -0.4 is 10.2 Å². The van der Waals surface area contributed by atoms with Gasteiger partial charge in [0.15, 0.2) is 11.3 Å². The van der Waals surface area contributed by atoms with Crippen LogP contribution in [0.3, 0.4) is 0 Å². The Hall–Kier alpha value is -2.18. The minimum Gasteiger partial charge on any atom is -0.356 e. The average Bonchev–Trinajstić information content (AvgIpc) is 3.24. The summed E-state index contributed by atoms with van der Waals surface area (Å²) in [4.78, 5) is 19.0. The van der Waals surface area contributed by atoms with Crippen molar-refractivity contribution in [1.29, 1.82) is 0 Å². The highest BCUT2D eigenvalue weighted by Gasteiger charge is 2.51. The molecule has 1 amide bonds. The smallest absolute Gasteiger partial charge is 0.257 e. The summed E-state index contributed by atoms with van der Waals surface area (Å²) in [6.45, 7) is 1.99. The van der Waals surface area contributed by atoms with Crippen molar-refractivity contribution in [3.63, 3.8) is 0 Å². The summed E-state index contributed by atoms with van der Waals surface area (Å²) in [5.41, 5.74) is -0.686. The van der Waals surface area contributed by atoms with Crippen LogP contribution in [-0.4, -0.2) is 45.3 Å². The zero-order chi connectivity index (χ0) is 17.7. The number of halogens is 1. The Labute approximate surface area is 151 Å². The van der Waals surface area contributed by atoms with E-state index in [2.05, 4.69) is 15.3 Å². The van der Waals surface area contributed by atoms with E-state index in [1.807, 2.05) is 18.3 Å². The molecule has 3 atom stereocenters. The van der Waals surface area contributed by atoms with E-state index in [0.29, 0.717) is 24.7 Å². The first kappa shape index (κ1) is 16.0. The third-order valence-electron chi connectivity index (χ3n) is 6.36. The first-order valence-corrected chi connectivity index (χ1v) is 9.66. The van der Waals surface area contributed by atoms with Crippen LogP contribution in [0.15, 0.2) is 24.5 Å². The second-order valence-electron chi connectivity index (χ2n) is 8.12. The predicted molar refractivity (Wildman–Crippen MR) is 95.7 cm³/mol. The number of nitrogens with one attached hydrogen (secondary N) is 1. The van der Waals surface area contributed by atoms with E-state index >= 15 is 0 Å². The maximum absolute atomic E-state index is 13.9. The molecule has 0 radical (unpaired) electrons. The lowest BCUT2D eigenvalue weighted by Gasteiger charge is -2.44. The maximum atomic E-state index is 13.9. The van der Waals surface area contributed by atoms with Gasteiger partial charge in [0.1, 0.15) is 5.82 Å². The summed E-state index contributed by atoms with van der Waals surface area (Å²) in [6, 6.07) is 4.09. The fraction of sp³-hybridized carbons (Fsp3) is 0.632. The topological polar surface area (TPSA) is 62.5 Å². The predicted octanol–water partition coefficient (Wildman–Crippen LogP) is 2.34. The van der Waals surface area contributed by atoms with E-state index < -0.39 is 5.67 Å². The van der Waals surface area contributed by atoms with E-state index in [1.165, 1.54) is 0 Å². The van der Waals surface area contributed by atoms with Crippen LogP contribution in [0.5, 0.6) is 0 Å². The highest BCUT2D eigenvalue weighted by Crippen LogP contribution is 2.41. The third-order valence-corrected chi connectivity index (χ3v) is 6.36. The highest BCUT2D eigenvalue weighted by molar-refractivity contribution is 5.88. The second-order valence-corrected chi connectivity index (χ2v) is 8.12. The molecule has 2 aliphatic carbocycles. The summed E-state index contributed by atoms with van der Waals surface area (Å²) in [6.07, 6.45) is 8.62. The Balaban J connectivity index is 1.22. The van der Waals surface area contributed by atoms with Crippen molar-refractivity contribution in [2.24, 2.45) is 11.8 Å². The summed E-state index contributed by atoms with van der Waals surface area (Å²) < 4.78 is 15.7. The molecule has 3 unspecified atom stereocenters. The number of hydrogen-bond donors (Lipinski definition) is 1. The summed E-state index contributed by atoms with van der Waals surface area (Å²) >= 11 is 0. The van der Waals surface area contributed by atoms with Crippen molar-refractivity contribution in [1.82, 2.24) is 19.9 Å². The summed E-state index contributed by atoms with van der Waals surface area (Å²) in [7, 11) is 0. The summed E-state index contributed by atoms with van der Waals surface area (Å²) in [5.74, 6) is 1.87. The molecule has 5 rings (SSSR count). The van der Waals surface area contributed by atoms with E-state index in [0.717, 1.165) is 50.2 Å². The van der Waals surface area contributed by atoms with Gasteiger partial charge in [-0.1, -0.05) is 0 Å². The van der Waals surface area contributed by atoms with Gasteiger partial charge in [0.25, 0.3) is 5.91 Å². The van der Waals surface area contributed by atoms with Crippen LogP contribution in [-0.2, 0) is 4.79 Å². The van der Waals surface area contributed by atoms with Gasteiger partial charge in [0.05, 0.1) is 6.20 Å². The zero-order valence-corrected chi connectivity index (χ0v) is 14.8. The molecule has 1 saturated heterocycles. The van der Waals surface area contributed by atoms with E-state index in [4.69, 9.17) is 4.98 Å².